The molecule has 0 heterocycles. The Balaban J connectivity index is 3.18. The highest BCUT2D eigenvalue weighted by molar-refractivity contribution is 4.78. The third-order valence-electron chi connectivity index (χ3n) is 0.299. The summed E-state index contributed by atoms with van der Waals surface area (Å²) in [5.74, 6) is 0. The topological polar surface area (TPSA) is 26.0 Å². The van der Waals surface area contributed by atoms with Crippen molar-refractivity contribution < 1.29 is 4.39 Å². The molecule has 0 saturated carbocycles. The molecule has 0 spiro atoms. The molecular formula is C4H6FN. The molecular weight excluding hydrogens is 81.0 g/mol. The molecule has 2 N–H and O–H groups in total. The lowest BCUT2D eigenvalue weighted by atomic mass is 10.6. The molecule has 0 aliphatic rings. The van der Waals surface area contributed by atoms with E-state index in [1.54, 1.807) is 0 Å². The van der Waals surface area contributed by atoms with Crippen LogP contribution in [0.4, 0.5) is 4.39 Å². The molecule has 1 nitrogen and oxygen atoms in total. The Morgan fingerprint density at radius 3 is 2.67 bits per heavy atom. The van der Waals surface area contributed by atoms with Gasteiger partial charge in [0.05, 0.1) is 0 Å². The number of hydrogen-bond acceptors (Lipinski definition) is 1. The van der Waals surface area contributed by atoms with Gasteiger partial charge in [0.15, 0.2) is 0 Å². The molecule has 0 atom stereocenters. The Kier molecular flexibility index (Phi) is 3.98. The lowest BCUT2D eigenvalue weighted by Gasteiger charge is -1.63. The van der Waals surface area contributed by atoms with Crippen molar-refractivity contribution in [2.75, 3.05) is 6.54 Å². The number of hydrogen-bond donors (Lipinski definition) is 1. The fourth-order valence-electron chi connectivity index (χ4n) is 0.113. The predicted molar refractivity (Wildman–Crippen MR) is 22.8 cm³/mol. The van der Waals surface area contributed by atoms with Crippen LogP contribution in [0.25, 0.3) is 0 Å². The summed E-state index contributed by atoms with van der Waals surface area (Å²) in [6.45, 7) is 0.348. The van der Waals surface area contributed by atoms with Gasteiger partial charge in [0.25, 0.3) is 0 Å². The predicted octanol–water partition coefficient (Wildman–Crippen LogP) is 0.583. The van der Waals surface area contributed by atoms with Crippen molar-refractivity contribution in [2.45, 2.75) is 0 Å². The highest BCUT2D eigenvalue weighted by Crippen LogP contribution is 1.62. The van der Waals surface area contributed by atoms with Crippen LogP contribution in [0.3, 0.4) is 0 Å². The zero-order chi connectivity index (χ0) is 4.83. The highest BCUT2D eigenvalue weighted by atomic mass is 19.1. The molecule has 0 saturated heterocycles. The summed E-state index contributed by atoms with van der Waals surface area (Å²) in [7, 11) is 0. The molecule has 2 heteroatoms. The van der Waals surface area contributed by atoms with Crippen molar-refractivity contribution in [3.8, 4) is 0 Å². The molecule has 0 aliphatic carbocycles. The van der Waals surface area contributed by atoms with Crippen LogP contribution >= 0.6 is 0 Å². The molecule has 0 bridgehead atoms. The molecule has 0 aliphatic heterocycles. The normalized spacial score (nSPS) is 6.33. The van der Waals surface area contributed by atoms with Gasteiger partial charge in [0.2, 0.25) is 0 Å². The second kappa shape index (κ2) is 4.41. The van der Waals surface area contributed by atoms with Crippen LogP contribution in [0.15, 0.2) is 18.1 Å². The van der Waals surface area contributed by atoms with Crippen molar-refractivity contribution in [3.63, 3.8) is 0 Å². The fourth-order valence-corrected chi connectivity index (χ4v) is 0.113. The first-order valence-electron chi connectivity index (χ1n) is 1.61. The largest absolute Gasteiger partial charge is 0.326 e. The van der Waals surface area contributed by atoms with E-state index in [0.717, 1.165) is 0 Å². The second-order valence-electron chi connectivity index (χ2n) is 0.716. The van der Waals surface area contributed by atoms with E-state index in [0.29, 0.717) is 12.9 Å². The van der Waals surface area contributed by atoms with E-state index < -0.39 is 0 Å². The van der Waals surface area contributed by atoms with Crippen molar-refractivity contribution in [1.82, 2.24) is 0 Å². The van der Waals surface area contributed by atoms with Crippen molar-refractivity contribution in [3.05, 3.63) is 18.1 Å². The molecule has 0 radical (unpaired) electrons. The summed E-state index contributed by atoms with van der Waals surface area (Å²) in [5.41, 5.74) is 7.07. The van der Waals surface area contributed by atoms with Crippen LogP contribution in [0, 0.1) is 0 Å². The van der Waals surface area contributed by atoms with Gasteiger partial charge in [-0.1, -0.05) is 5.73 Å². The SMILES string of the molecule is NCC=C=CF. The quantitative estimate of drug-likeness (QED) is 0.465. The Labute approximate surface area is 36.0 Å². The van der Waals surface area contributed by atoms with Gasteiger partial charge in [-0.15, -0.1) is 0 Å². The standard InChI is InChI=1S/C4H6FN/c5-3-1-2-4-6/h2-3H,4,6H2. The third-order valence-corrected chi connectivity index (χ3v) is 0.299. The smallest absolute Gasteiger partial charge is 0.128 e. The van der Waals surface area contributed by atoms with E-state index in [-0.39, 0.29) is 0 Å². The lowest BCUT2D eigenvalue weighted by molar-refractivity contribution is 0.723. The summed E-state index contributed by atoms with van der Waals surface area (Å²) in [5, 5.41) is 0. The molecule has 6 heavy (non-hydrogen) atoms. The Morgan fingerprint density at radius 2 is 2.50 bits per heavy atom. The third kappa shape index (κ3) is 3.41. The first kappa shape index (κ1) is 5.41. The molecule has 34 valence electrons. The van der Waals surface area contributed by atoms with Crippen LogP contribution in [0.2, 0.25) is 0 Å². The monoisotopic (exact) mass is 87.0 g/mol. The average molecular weight is 87.1 g/mol. The van der Waals surface area contributed by atoms with Gasteiger partial charge in [0, 0.05) is 6.54 Å². The average Bonchev–Trinajstić information content (AvgIpc) is 1.61. The van der Waals surface area contributed by atoms with Crippen LogP contribution < -0.4 is 5.73 Å². The maximum Gasteiger partial charge on any atom is 0.128 e. The minimum absolute atomic E-state index is 0.326. The van der Waals surface area contributed by atoms with Gasteiger partial charge >= 0.3 is 0 Å². The molecule has 0 aromatic rings. The van der Waals surface area contributed by atoms with Gasteiger partial charge in [-0.3, -0.25) is 0 Å². The first-order valence-corrected chi connectivity index (χ1v) is 1.61. The summed E-state index contributed by atoms with van der Waals surface area (Å²) >= 11 is 0. The van der Waals surface area contributed by atoms with Gasteiger partial charge in [-0.2, -0.15) is 0 Å². The van der Waals surface area contributed by atoms with E-state index in [4.69, 9.17) is 5.73 Å². The molecule has 0 amide bonds. The summed E-state index contributed by atoms with van der Waals surface area (Å²) in [6.07, 6.45) is 1.73. The van der Waals surface area contributed by atoms with E-state index in [2.05, 4.69) is 5.73 Å². The highest BCUT2D eigenvalue weighted by Gasteiger charge is 1.52. The zero-order valence-corrected chi connectivity index (χ0v) is 3.32. The van der Waals surface area contributed by atoms with Gasteiger partial charge < -0.3 is 5.73 Å². The second-order valence-corrected chi connectivity index (χ2v) is 0.716. The minimum atomic E-state index is 0.326. The maximum atomic E-state index is 10.9. The minimum Gasteiger partial charge on any atom is -0.326 e. The summed E-state index contributed by atoms with van der Waals surface area (Å²) in [4.78, 5) is 0. The van der Waals surface area contributed by atoms with E-state index in [9.17, 15) is 4.39 Å². The first-order chi connectivity index (χ1) is 2.91. The number of rotatable bonds is 1. The van der Waals surface area contributed by atoms with Crippen LogP contribution in [-0.2, 0) is 0 Å². The van der Waals surface area contributed by atoms with E-state index >= 15 is 0 Å². The summed E-state index contributed by atoms with van der Waals surface area (Å²) in [6, 6.07) is 0. The van der Waals surface area contributed by atoms with Crippen molar-refractivity contribution in [2.24, 2.45) is 5.73 Å². The van der Waals surface area contributed by atoms with Crippen molar-refractivity contribution >= 4 is 0 Å². The van der Waals surface area contributed by atoms with Gasteiger partial charge in [-0.25, -0.2) is 4.39 Å². The Hall–Kier alpha value is -0.590. The Morgan fingerprint density at radius 1 is 1.83 bits per heavy atom. The Bertz CT molecular complexity index is 71.6. The fraction of sp³-hybridized carbons (Fsp3) is 0.250. The summed E-state index contributed by atoms with van der Waals surface area (Å²) < 4.78 is 10.9. The molecule has 0 aromatic heterocycles. The van der Waals surface area contributed by atoms with Crippen LogP contribution in [0.5, 0.6) is 0 Å². The molecule has 0 rings (SSSR count). The molecule has 0 fully saturated rings. The van der Waals surface area contributed by atoms with Gasteiger partial charge in [0.1, 0.15) is 6.33 Å². The van der Waals surface area contributed by atoms with E-state index in [1.807, 2.05) is 0 Å². The molecule has 0 aromatic carbocycles. The maximum absolute atomic E-state index is 10.9. The number of nitrogens with two attached hydrogens (primary N) is 1. The van der Waals surface area contributed by atoms with Crippen molar-refractivity contribution in [1.29, 1.82) is 0 Å². The lowest BCUT2D eigenvalue weighted by Crippen LogP contribution is -1.90. The van der Waals surface area contributed by atoms with Gasteiger partial charge in [-0.05, 0) is 6.08 Å². The zero-order valence-electron chi connectivity index (χ0n) is 3.32. The van der Waals surface area contributed by atoms with Crippen LogP contribution in [-0.4, -0.2) is 6.54 Å². The number of halogens is 1. The van der Waals surface area contributed by atoms with E-state index in [1.165, 1.54) is 6.08 Å². The molecule has 0 unspecified atom stereocenters. The van der Waals surface area contributed by atoms with Crippen LogP contribution in [0.1, 0.15) is 0 Å².